The first-order chi connectivity index (χ1) is 6.57. The highest BCUT2D eigenvalue weighted by Crippen LogP contribution is 1.99. The van der Waals surface area contributed by atoms with Crippen molar-refractivity contribution in [1.82, 2.24) is 4.57 Å². The van der Waals surface area contributed by atoms with Crippen molar-refractivity contribution in [2.75, 3.05) is 0 Å². The Bertz CT molecular complexity index is 407. The summed E-state index contributed by atoms with van der Waals surface area (Å²) in [6.07, 6.45) is 0.850. The van der Waals surface area contributed by atoms with Crippen molar-refractivity contribution in [1.29, 1.82) is 0 Å². The van der Waals surface area contributed by atoms with Gasteiger partial charge in [0.1, 0.15) is 5.56 Å². The third kappa shape index (κ3) is 1.84. The van der Waals surface area contributed by atoms with Gasteiger partial charge in [0.2, 0.25) is 0 Å². The number of hydrogen-bond donors (Lipinski definition) is 1. The minimum Gasteiger partial charge on any atom is -0.365 e. The van der Waals surface area contributed by atoms with Crippen LogP contribution in [0.25, 0.3) is 0 Å². The molecule has 76 valence electrons. The molecule has 1 amide bonds. The summed E-state index contributed by atoms with van der Waals surface area (Å²) >= 11 is 0. The molecule has 0 aromatic carbocycles. The normalized spacial score (nSPS) is 10.1. The predicted molar refractivity (Wildman–Crippen MR) is 54.2 cm³/mol. The summed E-state index contributed by atoms with van der Waals surface area (Å²) in [5, 5.41) is 0. The van der Waals surface area contributed by atoms with E-state index in [0.29, 0.717) is 6.54 Å². The lowest BCUT2D eigenvalue weighted by atomic mass is 10.2. The Morgan fingerprint density at radius 2 is 2.14 bits per heavy atom. The smallest absolute Gasteiger partial charge is 0.263 e. The van der Waals surface area contributed by atoms with Crippen molar-refractivity contribution >= 4 is 5.91 Å². The molecule has 14 heavy (non-hydrogen) atoms. The fourth-order valence-electron chi connectivity index (χ4n) is 1.36. The first-order valence-electron chi connectivity index (χ1n) is 4.58. The van der Waals surface area contributed by atoms with Gasteiger partial charge in [-0.15, -0.1) is 0 Å². The van der Waals surface area contributed by atoms with Crippen LogP contribution in [0.15, 0.2) is 16.9 Å². The van der Waals surface area contributed by atoms with Gasteiger partial charge in [0.15, 0.2) is 0 Å². The van der Waals surface area contributed by atoms with Crippen molar-refractivity contribution in [3.63, 3.8) is 0 Å². The van der Waals surface area contributed by atoms with Gasteiger partial charge in [-0.3, -0.25) is 9.59 Å². The van der Waals surface area contributed by atoms with Gasteiger partial charge < -0.3 is 10.3 Å². The molecule has 0 aliphatic carbocycles. The van der Waals surface area contributed by atoms with E-state index in [2.05, 4.69) is 0 Å². The highest BCUT2D eigenvalue weighted by atomic mass is 16.2. The zero-order chi connectivity index (χ0) is 10.7. The minimum absolute atomic E-state index is 0.0593. The lowest BCUT2D eigenvalue weighted by Gasteiger charge is -2.08. The van der Waals surface area contributed by atoms with Gasteiger partial charge in [0.05, 0.1) is 0 Å². The van der Waals surface area contributed by atoms with Crippen LogP contribution in [-0.4, -0.2) is 10.5 Å². The molecule has 1 rings (SSSR count). The van der Waals surface area contributed by atoms with Crippen LogP contribution < -0.4 is 11.3 Å². The molecule has 0 aliphatic heterocycles. The summed E-state index contributed by atoms with van der Waals surface area (Å²) in [5.74, 6) is -0.667. The first kappa shape index (κ1) is 10.5. The topological polar surface area (TPSA) is 65.1 Å². The number of nitrogens with zero attached hydrogens (tertiary/aromatic N) is 1. The van der Waals surface area contributed by atoms with Crippen molar-refractivity contribution < 1.29 is 4.79 Å². The quantitative estimate of drug-likeness (QED) is 0.768. The molecule has 1 aromatic rings. The maximum atomic E-state index is 11.7. The predicted octanol–water partition coefficient (Wildman–Crippen LogP) is 0.666. The molecule has 2 N–H and O–H groups in total. The first-order valence-corrected chi connectivity index (χ1v) is 4.58. The SMILES string of the molecule is CCCn1c(C)ccc(C(N)=O)c1=O. The highest BCUT2D eigenvalue weighted by Gasteiger charge is 2.09. The Kier molecular flexibility index (Phi) is 3.06. The molecule has 4 nitrogen and oxygen atoms in total. The minimum atomic E-state index is -0.667. The van der Waals surface area contributed by atoms with E-state index >= 15 is 0 Å². The Morgan fingerprint density at radius 3 is 2.64 bits per heavy atom. The van der Waals surface area contributed by atoms with Crippen LogP contribution >= 0.6 is 0 Å². The Labute approximate surface area is 82.3 Å². The largest absolute Gasteiger partial charge is 0.365 e. The molecule has 4 heteroatoms. The molecule has 1 aromatic heterocycles. The lowest BCUT2D eigenvalue weighted by molar-refractivity contribution is 0.0998. The molecule has 0 atom stereocenters. The zero-order valence-corrected chi connectivity index (χ0v) is 8.41. The van der Waals surface area contributed by atoms with Crippen molar-refractivity contribution in [3.05, 3.63) is 33.7 Å². The number of amides is 1. The summed E-state index contributed by atoms with van der Waals surface area (Å²) < 4.78 is 1.57. The van der Waals surface area contributed by atoms with E-state index in [1.54, 1.807) is 10.6 Å². The second kappa shape index (κ2) is 4.09. The monoisotopic (exact) mass is 194 g/mol. The van der Waals surface area contributed by atoms with Gasteiger partial charge in [-0.05, 0) is 25.5 Å². The number of hydrogen-bond acceptors (Lipinski definition) is 2. The molecule has 0 aliphatic rings. The Morgan fingerprint density at radius 1 is 1.50 bits per heavy atom. The van der Waals surface area contributed by atoms with Gasteiger partial charge in [-0.25, -0.2) is 0 Å². The average molecular weight is 194 g/mol. The van der Waals surface area contributed by atoms with Gasteiger partial charge in [0.25, 0.3) is 11.5 Å². The molecular weight excluding hydrogens is 180 g/mol. The maximum absolute atomic E-state index is 11.7. The lowest BCUT2D eigenvalue weighted by Crippen LogP contribution is -2.30. The van der Waals surface area contributed by atoms with Gasteiger partial charge in [-0.1, -0.05) is 6.92 Å². The van der Waals surface area contributed by atoms with Crippen LogP contribution in [0.1, 0.15) is 29.4 Å². The summed E-state index contributed by atoms with van der Waals surface area (Å²) in [5.41, 5.74) is 5.69. The third-order valence-electron chi connectivity index (χ3n) is 2.11. The van der Waals surface area contributed by atoms with Crippen molar-refractivity contribution in [2.24, 2.45) is 5.73 Å². The van der Waals surface area contributed by atoms with Gasteiger partial charge >= 0.3 is 0 Å². The van der Waals surface area contributed by atoms with Gasteiger partial charge in [-0.2, -0.15) is 0 Å². The maximum Gasteiger partial charge on any atom is 0.263 e. The molecule has 0 radical (unpaired) electrons. The summed E-state index contributed by atoms with van der Waals surface area (Å²) in [6.45, 7) is 4.43. The van der Waals surface area contributed by atoms with Crippen LogP contribution in [0.5, 0.6) is 0 Å². The zero-order valence-electron chi connectivity index (χ0n) is 8.41. The molecule has 0 bridgehead atoms. The molecule has 0 saturated carbocycles. The van der Waals surface area contributed by atoms with Crippen LogP contribution in [0.2, 0.25) is 0 Å². The van der Waals surface area contributed by atoms with Crippen LogP contribution in [-0.2, 0) is 6.54 Å². The fraction of sp³-hybridized carbons (Fsp3) is 0.400. The Balaban J connectivity index is 3.34. The van der Waals surface area contributed by atoms with E-state index in [9.17, 15) is 9.59 Å². The highest BCUT2D eigenvalue weighted by molar-refractivity contribution is 5.92. The van der Waals surface area contributed by atoms with Crippen molar-refractivity contribution in [2.45, 2.75) is 26.8 Å². The van der Waals surface area contributed by atoms with E-state index in [-0.39, 0.29) is 11.1 Å². The molecular formula is C10H14N2O2. The second-order valence-electron chi connectivity index (χ2n) is 3.21. The molecule has 0 spiro atoms. The average Bonchev–Trinajstić information content (AvgIpc) is 2.11. The molecule has 0 fully saturated rings. The van der Waals surface area contributed by atoms with Crippen LogP contribution in [0, 0.1) is 6.92 Å². The number of nitrogens with two attached hydrogens (primary N) is 1. The molecule has 0 saturated heterocycles. The van der Waals surface area contributed by atoms with E-state index in [0.717, 1.165) is 12.1 Å². The van der Waals surface area contributed by atoms with E-state index in [1.165, 1.54) is 6.07 Å². The molecule has 0 unspecified atom stereocenters. The van der Waals surface area contributed by atoms with Crippen molar-refractivity contribution in [3.8, 4) is 0 Å². The fourth-order valence-corrected chi connectivity index (χ4v) is 1.36. The Hall–Kier alpha value is -1.58. The molecule has 1 heterocycles. The van der Waals surface area contributed by atoms with E-state index < -0.39 is 5.91 Å². The number of aryl methyl sites for hydroxylation is 1. The number of primary amides is 1. The van der Waals surface area contributed by atoms with Crippen LogP contribution in [0.3, 0.4) is 0 Å². The number of pyridine rings is 1. The number of carbonyl (C=O) groups is 1. The summed E-state index contributed by atoms with van der Waals surface area (Å²) in [7, 11) is 0. The van der Waals surface area contributed by atoms with E-state index in [1.807, 2.05) is 13.8 Å². The summed E-state index contributed by atoms with van der Waals surface area (Å²) in [6, 6.07) is 3.21. The number of rotatable bonds is 3. The second-order valence-corrected chi connectivity index (χ2v) is 3.21. The number of carbonyl (C=O) groups excluding carboxylic acids is 1. The standard InChI is InChI=1S/C10H14N2O2/c1-3-6-12-7(2)4-5-8(9(11)13)10(12)14/h4-5H,3,6H2,1-2H3,(H2,11,13). The number of aromatic nitrogens is 1. The van der Waals surface area contributed by atoms with Crippen LogP contribution in [0.4, 0.5) is 0 Å². The van der Waals surface area contributed by atoms with Gasteiger partial charge in [0, 0.05) is 12.2 Å². The summed E-state index contributed by atoms with van der Waals surface area (Å²) in [4.78, 5) is 22.6. The third-order valence-corrected chi connectivity index (χ3v) is 2.11. The van der Waals surface area contributed by atoms with E-state index in [4.69, 9.17) is 5.73 Å².